The molecule has 1 N–H and O–H groups in total. The molecule has 0 unspecified atom stereocenters. The van der Waals surface area contributed by atoms with Crippen LogP contribution < -0.4 is 10.1 Å². The Bertz CT molecular complexity index is 601. The zero-order valence-corrected chi connectivity index (χ0v) is 13.5. The SMILES string of the molecule is COc1ccccc1[C@@H](C)N(C)C(=O)CN1C(=O)CCNC1=O. The van der Waals surface area contributed by atoms with Gasteiger partial charge in [-0.25, -0.2) is 4.79 Å². The molecule has 1 aromatic rings. The van der Waals surface area contributed by atoms with Gasteiger partial charge in [-0.3, -0.25) is 14.5 Å². The first kappa shape index (κ1) is 16.8. The first-order valence-electron chi connectivity index (χ1n) is 7.42. The Balaban J connectivity index is 2.09. The molecular weight excluding hydrogens is 298 g/mol. The van der Waals surface area contributed by atoms with Gasteiger partial charge in [0.1, 0.15) is 12.3 Å². The maximum absolute atomic E-state index is 12.4. The van der Waals surface area contributed by atoms with Crippen LogP contribution in [0.25, 0.3) is 0 Å². The number of nitrogens with zero attached hydrogens (tertiary/aromatic N) is 2. The van der Waals surface area contributed by atoms with E-state index in [1.165, 1.54) is 4.90 Å². The third-order valence-corrected chi connectivity index (χ3v) is 4.02. The summed E-state index contributed by atoms with van der Waals surface area (Å²) in [6, 6.07) is 6.66. The van der Waals surface area contributed by atoms with Crippen molar-refractivity contribution < 1.29 is 19.1 Å². The molecule has 0 aromatic heterocycles. The van der Waals surface area contributed by atoms with Crippen molar-refractivity contribution in [3.05, 3.63) is 29.8 Å². The normalized spacial score (nSPS) is 15.9. The van der Waals surface area contributed by atoms with Gasteiger partial charge in [-0.1, -0.05) is 18.2 Å². The Morgan fingerprint density at radius 1 is 1.39 bits per heavy atom. The van der Waals surface area contributed by atoms with Gasteiger partial charge >= 0.3 is 6.03 Å². The van der Waals surface area contributed by atoms with Crippen LogP contribution in [0.5, 0.6) is 5.75 Å². The summed E-state index contributed by atoms with van der Waals surface area (Å²) in [7, 11) is 3.22. The van der Waals surface area contributed by atoms with Gasteiger partial charge in [-0.05, 0) is 13.0 Å². The number of hydrogen-bond donors (Lipinski definition) is 1. The first-order valence-corrected chi connectivity index (χ1v) is 7.42. The van der Waals surface area contributed by atoms with Crippen LogP contribution in [0.3, 0.4) is 0 Å². The molecule has 124 valence electrons. The minimum absolute atomic E-state index is 0.213. The lowest BCUT2D eigenvalue weighted by atomic mass is 10.1. The molecule has 1 saturated heterocycles. The third kappa shape index (κ3) is 3.61. The predicted molar refractivity (Wildman–Crippen MR) is 83.9 cm³/mol. The van der Waals surface area contributed by atoms with Gasteiger partial charge < -0.3 is 15.0 Å². The number of rotatable bonds is 5. The molecule has 0 bridgehead atoms. The molecule has 4 amide bonds. The molecule has 2 rings (SSSR count). The van der Waals surface area contributed by atoms with E-state index < -0.39 is 6.03 Å². The van der Waals surface area contributed by atoms with Crippen molar-refractivity contribution in [1.82, 2.24) is 15.1 Å². The van der Waals surface area contributed by atoms with Gasteiger partial charge in [0.15, 0.2) is 0 Å². The quantitative estimate of drug-likeness (QED) is 0.883. The summed E-state index contributed by atoms with van der Waals surface area (Å²) in [5.74, 6) is 0.0423. The van der Waals surface area contributed by atoms with Gasteiger partial charge in [0.2, 0.25) is 11.8 Å². The van der Waals surface area contributed by atoms with Crippen LogP contribution >= 0.6 is 0 Å². The Kier molecular flexibility index (Phi) is 5.20. The van der Waals surface area contributed by atoms with Crippen LogP contribution in [0.15, 0.2) is 24.3 Å². The number of para-hydroxylation sites is 1. The maximum Gasteiger partial charge on any atom is 0.324 e. The summed E-state index contributed by atoms with van der Waals surface area (Å²) in [5.41, 5.74) is 0.861. The van der Waals surface area contributed by atoms with Gasteiger partial charge in [0, 0.05) is 25.6 Å². The van der Waals surface area contributed by atoms with Crippen molar-refractivity contribution in [3.63, 3.8) is 0 Å². The largest absolute Gasteiger partial charge is 0.496 e. The highest BCUT2D eigenvalue weighted by atomic mass is 16.5. The number of ether oxygens (including phenoxy) is 1. The zero-order valence-electron chi connectivity index (χ0n) is 13.5. The fourth-order valence-electron chi connectivity index (χ4n) is 2.46. The van der Waals surface area contributed by atoms with Crippen molar-refractivity contribution in [2.45, 2.75) is 19.4 Å². The number of urea groups is 1. The maximum atomic E-state index is 12.4. The van der Waals surface area contributed by atoms with E-state index in [1.807, 2.05) is 31.2 Å². The van der Waals surface area contributed by atoms with Crippen molar-refractivity contribution in [1.29, 1.82) is 0 Å². The average Bonchev–Trinajstić information content (AvgIpc) is 2.56. The van der Waals surface area contributed by atoms with Crippen LogP contribution in [0, 0.1) is 0 Å². The number of carbonyl (C=O) groups is 3. The number of likely N-dealkylation sites (N-methyl/N-ethyl adjacent to an activating group) is 1. The molecular formula is C16H21N3O4. The summed E-state index contributed by atoms with van der Waals surface area (Å²) in [4.78, 5) is 38.4. The van der Waals surface area contributed by atoms with E-state index in [4.69, 9.17) is 4.74 Å². The van der Waals surface area contributed by atoms with Crippen LogP contribution in [0.4, 0.5) is 4.79 Å². The first-order chi connectivity index (χ1) is 11.0. The van der Waals surface area contributed by atoms with E-state index >= 15 is 0 Å². The zero-order chi connectivity index (χ0) is 17.0. The second kappa shape index (κ2) is 7.13. The molecule has 0 spiro atoms. The lowest BCUT2D eigenvalue weighted by Gasteiger charge is -2.30. The number of hydrogen-bond acceptors (Lipinski definition) is 4. The summed E-state index contributed by atoms with van der Waals surface area (Å²) >= 11 is 0. The Morgan fingerprint density at radius 3 is 2.74 bits per heavy atom. The molecule has 1 aromatic carbocycles. The van der Waals surface area contributed by atoms with Gasteiger partial charge in [0.05, 0.1) is 13.2 Å². The third-order valence-electron chi connectivity index (χ3n) is 4.02. The fraction of sp³-hybridized carbons (Fsp3) is 0.438. The molecule has 23 heavy (non-hydrogen) atoms. The van der Waals surface area contributed by atoms with E-state index in [0.29, 0.717) is 12.3 Å². The lowest BCUT2D eigenvalue weighted by molar-refractivity contribution is -0.139. The average molecular weight is 319 g/mol. The molecule has 1 heterocycles. The van der Waals surface area contributed by atoms with Gasteiger partial charge in [-0.2, -0.15) is 0 Å². The molecule has 0 saturated carbocycles. The summed E-state index contributed by atoms with van der Waals surface area (Å²) < 4.78 is 5.31. The number of benzene rings is 1. The van der Waals surface area contributed by atoms with Crippen molar-refractivity contribution >= 4 is 17.8 Å². The Hall–Kier alpha value is -2.57. The highest BCUT2D eigenvalue weighted by Crippen LogP contribution is 2.28. The Morgan fingerprint density at radius 2 is 2.09 bits per heavy atom. The van der Waals surface area contributed by atoms with Crippen LogP contribution in [-0.2, 0) is 9.59 Å². The summed E-state index contributed by atoms with van der Waals surface area (Å²) in [5, 5.41) is 2.56. The number of carbonyl (C=O) groups excluding carboxylic acids is 3. The van der Waals surface area contributed by atoms with Crippen LogP contribution in [0.1, 0.15) is 24.9 Å². The van der Waals surface area contributed by atoms with E-state index in [0.717, 1.165) is 10.5 Å². The fourth-order valence-corrected chi connectivity index (χ4v) is 2.46. The smallest absolute Gasteiger partial charge is 0.324 e. The topological polar surface area (TPSA) is 79.0 Å². The molecule has 1 aliphatic heterocycles. The number of amides is 4. The Labute approximate surface area is 135 Å². The second-order valence-corrected chi connectivity index (χ2v) is 5.38. The van der Waals surface area contributed by atoms with E-state index in [1.54, 1.807) is 14.2 Å². The second-order valence-electron chi connectivity index (χ2n) is 5.38. The van der Waals surface area contributed by atoms with Gasteiger partial charge in [0.25, 0.3) is 0 Å². The van der Waals surface area contributed by atoms with E-state index in [9.17, 15) is 14.4 Å². The monoisotopic (exact) mass is 319 g/mol. The predicted octanol–water partition coefficient (Wildman–Crippen LogP) is 1.16. The highest BCUT2D eigenvalue weighted by Gasteiger charge is 2.30. The minimum Gasteiger partial charge on any atom is -0.496 e. The molecule has 1 aliphatic rings. The van der Waals surface area contributed by atoms with Crippen LogP contribution in [0.2, 0.25) is 0 Å². The number of nitrogens with one attached hydrogen (secondary N) is 1. The molecule has 1 fully saturated rings. The number of imide groups is 1. The number of methoxy groups -OCH3 is 1. The van der Waals surface area contributed by atoms with E-state index in [2.05, 4.69) is 5.32 Å². The summed E-state index contributed by atoms with van der Waals surface area (Å²) in [6.45, 7) is 1.92. The van der Waals surface area contributed by atoms with Crippen molar-refractivity contribution in [2.24, 2.45) is 0 Å². The minimum atomic E-state index is -0.520. The van der Waals surface area contributed by atoms with E-state index in [-0.39, 0.29) is 30.8 Å². The van der Waals surface area contributed by atoms with Crippen LogP contribution in [-0.4, -0.2) is 54.9 Å². The summed E-state index contributed by atoms with van der Waals surface area (Å²) in [6.07, 6.45) is 0.213. The van der Waals surface area contributed by atoms with Crippen molar-refractivity contribution in [3.8, 4) is 5.75 Å². The lowest BCUT2D eigenvalue weighted by Crippen LogP contribution is -2.53. The van der Waals surface area contributed by atoms with Gasteiger partial charge in [-0.15, -0.1) is 0 Å². The van der Waals surface area contributed by atoms with Crippen molar-refractivity contribution in [2.75, 3.05) is 27.2 Å². The molecule has 0 aliphatic carbocycles. The molecule has 7 nitrogen and oxygen atoms in total. The molecule has 1 atom stereocenters. The molecule has 7 heteroatoms. The molecule has 0 radical (unpaired) electrons. The standard InChI is InChI=1S/C16H21N3O4/c1-11(12-6-4-5-7-13(12)23-3)18(2)15(21)10-19-14(20)8-9-17-16(19)22/h4-7,11H,8-10H2,1-3H3,(H,17,22)/t11-/m1/s1. The highest BCUT2D eigenvalue weighted by molar-refractivity contribution is 6.00.